The van der Waals surface area contributed by atoms with Crippen molar-refractivity contribution in [2.45, 2.75) is 51.4 Å². The summed E-state index contributed by atoms with van der Waals surface area (Å²) in [5.74, 6) is 1.53. The van der Waals surface area contributed by atoms with E-state index in [2.05, 4.69) is 26.6 Å². The van der Waals surface area contributed by atoms with Crippen molar-refractivity contribution in [3.63, 3.8) is 0 Å². The molecule has 2 N–H and O–H groups in total. The molecule has 1 aromatic carbocycles. The van der Waals surface area contributed by atoms with Gasteiger partial charge >= 0.3 is 6.09 Å². The summed E-state index contributed by atoms with van der Waals surface area (Å²) in [4.78, 5) is 11.7. The molecule has 7 heteroatoms. The van der Waals surface area contributed by atoms with Crippen molar-refractivity contribution in [2.24, 2.45) is 0 Å². The fraction of sp³-hybridized carbons (Fsp3) is 0.562. The summed E-state index contributed by atoms with van der Waals surface area (Å²) in [6.45, 7) is 6.52. The molecule has 0 bridgehead atoms. The van der Waals surface area contributed by atoms with Crippen LogP contribution in [-0.2, 0) is 11.3 Å². The smallest absolute Gasteiger partial charge is 0.407 e. The molecular formula is C16H21BrN2O4. The number of benzene rings is 1. The molecule has 1 aliphatic heterocycles. The van der Waals surface area contributed by atoms with Crippen molar-refractivity contribution in [3.8, 4) is 11.5 Å². The Bertz CT molecular complexity index is 615. The molecule has 2 unspecified atom stereocenters. The van der Waals surface area contributed by atoms with Gasteiger partial charge in [-0.15, -0.1) is 0 Å². The van der Waals surface area contributed by atoms with Crippen LogP contribution < -0.4 is 20.1 Å². The number of halogens is 1. The highest BCUT2D eigenvalue weighted by atomic mass is 79.9. The molecule has 6 nitrogen and oxygen atoms in total. The quantitative estimate of drug-likeness (QED) is 0.834. The van der Waals surface area contributed by atoms with Crippen LogP contribution in [0.15, 0.2) is 16.6 Å². The van der Waals surface area contributed by atoms with Crippen molar-refractivity contribution < 1.29 is 19.0 Å². The van der Waals surface area contributed by atoms with E-state index < -0.39 is 5.60 Å². The lowest BCUT2D eigenvalue weighted by Gasteiger charge is -2.19. The number of nitrogens with one attached hydrogen (secondary N) is 2. The lowest BCUT2D eigenvalue weighted by atomic mass is 10.2. The van der Waals surface area contributed by atoms with E-state index in [0.717, 1.165) is 28.0 Å². The molecule has 2 aliphatic rings. The average molecular weight is 385 g/mol. The maximum atomic E-state index is 11.7. The van der Waals surface area contributed by atoms with Crippen LogP contribution in [0.2, 0.25) is 0 Å². The van der Waals surface area contributed by atoms with Crippen LogP contribution >= 0.6 is 15.9 Å². The molecule has 0 saturated heterocycles. The standard InChI is InChI=1S/C16H21BrN2O4/c1-16(2,3)23-15(20)19-12-6-11(12)18-7-9-4-13-14(5-10(9)17)22-8-21-13/h4-5,11-12,18H,6-8H2,1-3H3,(H,19,20). The predicted molar refractivity (Wildman–Crippen MR) is 88.7 cm³/mol. The minimum atomic E-state index is -0.473. The largest absolute Gasteiger partial charge is 0.454 e. The van der Waals surface area contributed by atoms with Crippen molar-refractivity contribution in [1.29, 1.82) is 0 Å². The number of hydrogen-bond donors (Lipinski definition) is 2. The first-order chi connectivity index (χ1) is 10.8. The number of carbonyl (C=O) groups excluding carboxylic acids is 1. The summed E-state index contributed by atoms with van der Waals surface area (Å²) in [7, 11) is 0. The Morgan fingerprint density at radius 2 is 2.00 bits per heavy atom. The first-order valence-corrected chi connectivity index (χ1v) is 8.42. The summed E-state index contributed by atoms with van der Waals surface area (Å²) in [5.41, 5.74) is 0.622. The highest BCUT2D eigenvalue weighted by molar-refractivity contribution is 9.10. The Morgan fingerprint density at radius 1 is 1.30 bits per heavy atom. The van der Waals surface area contributed by atoms with Crippen LogP contribution in [0.4, 0.5) is 4.79 Å². The Labute approximate surface area is 144 Å². The lowest BCUT2D eigenvalue weighted by Crippen LogP contribution is -2.36. The zero-order chi connectivity index (χ0) is 16.6. The highest BCUT2D eigenvalue weighted by Gasteiger charge is 2.39. The van der Waals surface area contributed by atoms with Gasteiger partial charge in [-0.3, -0.25) is 0 Å². The molecule has 1 amide bonds. The highest BCUT2D eigenvalue weighted by Crippen LogP contribution is 2.37. The number of fused-ring (bicyclic) bond motifs is 1. The molecule has 1 aliphatic carbocycles. The number of amides is 1. The first kappa shape index (κ1) is 16.4. The Kier molecular flexibility index (Phi) is 4.42. The van der Waals surface area contributed by atoms with Gasteiger partial charge in [0, 0.05) is 23.1 Å². The third kappa shape index (κ3) is 4.29. The SMILES string of the molecule is CC(C)(C)OC(=O)NC1CC1NCc1cc2c(cc1Br)OCO2. The number of alkyl carbamates (subject to hydrolysis) is 1. The van der Waals surface area contributed by atoms with E-state index in [9.17, 15) is 4.79 Å². The van der Waals surface area contributed by atoms with Crippen LogP contribution in [0.1, 0.15) is 32.8 Å². The zero-order valence-corrected chi connectivity index (χ0v) is 15.0. The van der Waals surface area contributed by atoms with Gasteiger partial charge in [0.25, 0.3) is 0 Å². The van der Waals surface area contributed by atoms with E-state index in [0.29, 0.717) is 6.54 Å². The fourth-order valence-electron chi connectivity index (χ4n) is 2.37. The van der Waals surface area contributed by atoms with E-state index in [-0.39, 0.29) is 25.0 Å². The predicted octanol–water partition coefficient (Wildman–Crippen LogP) is 2.93. The first-order valence-electron chi connectivity index (χ1n) is 7.63. The maximum Gasteiger partial charge on any atom is 0.407 e. The van der Waals surface area contributed by atoms with Gasteiger partial charge in [0.2, 0.25) is 6.79 Å². The summed E-state index contributed by atoms with van der Waals surface area (Å²) >= 11 is 3.54. The molecule has 1 aromatic rings. The molecule has 2 atom stereocenters. The molecule has 23 heavy (non-hydrogen) atoms. The maximum absolute atomic E-state index is 11.7. The zero-order valence-electron chi connectivity index (χ0n) is 13.4. The monoisotopic (exact) mass is 384 g/mol. The van der Waals surface area contributed by atoms with Crippen LogP contribution in [-0.4, -0.2) is 30.6 Å². The second-order valence-corrected chi connectivity index (χ2v) is 7.63. The molecule has 1 heterocycles. The number of carbonyl (C=O) groups is 1. The van der Waals surface area contributed by atoms with Crippen molar-refractivity contribution in [1.82, 2.24) is 10.6 Å². The van der Waals surface area contributed by atoms with Gasteiger partial charge in [-0.1, -0.05) is 15.9 Å². The summed E-state index contributed by atoms with van der Waals surface area (Å²) in [6, 6.07) is 4.28. The summed E-state index contributed by atoms with van der Waals surface area (Å²) in [5, 5.41) is 6.30. The third-order valence-corrected chi connectivity index (χ3v) is 4.33. The average Bonchev–Trinajstić information content (AvgIpc) is 2.98. The third-order valence-electron chi connectivity index (χ3n) is 3.59. The summed E-state index contributed by atoms with van der Waals surface area (Å²) < 4.78 is 17.0. The van der Waals surface area contributed by atoms with Crippen LogP contribution in [0.3, 0.4) is 0 Å². The van der Waals surface area contributed by atoms with Gasteiger partial charge in [-0.2, -0.15) is 0 Å². The van der Waals surface area contributed by atoms with Gasteiger partial charge in [-0.25, -0.2) is 4.79 Å². The Balaban J connectivity index is 1.47. The second-order valence-electron chi connectivity index (χ2n) is 6.77. The molecule has 1 saturated carbocycles. The van der Waals surface area contributed by atoms with E-state index in [4.69, 9.17) is 14.2 Å². The van der Waals surface area contributed by atoms with Crippen LogP contribution in [0, 0.1) is 0 Å². The molecule has 0 spiro atoms. The van der Waals surface area contributed by atoms with Crippen molar-refractivity contribution in [2.75, 3.05) is 6.79 Å². The van der Waals surface area contributed by atoms with Crippen LogP contribution in [0.5, 0.6) is 11.5 Å². The van der Waals surface area contributed by atoms with Crippen LogP contribution in [0.25, 0.3) is 0 Å². The summed E-state index contributed by atoms with van der Waals surface area (Å²) in [6.07, 6.45) is 0.539. The van der Waals surface area contributed by atoms with Crippen molar-refractivity contribution in [3.05, 3.63) is 22.2 Å². The molecule has 1 fully saturated rings. The molecule has 0 aromatic heterocycles. The molecule has 0 radical (unpaired) electrons. The van der Waals surface area contributed by atoms with Gasteiger partial charge < -0.3 is 24.8 Å². The number of rotatable bonds is 4. The minimum Gasteiger partial charge on any atom is -0.454 e. The topological polar surface area (TPSA) is 68.8 Å². The van der Waals surface area contributed by atoms with E-state index in [1.165, 1.54) is 0 Å². The Hall–Kier alpha value is -1.47. The van der Waals surface area contributed by atoms with Gasteiger partial charge in [0.05, 0.1) is 0 Å². The van der Waals surface area contributed by atoms with Crippen molar-refractivity contribution >= 4 is 22.0 Å². The van der Waals surface area contributed by atoms with E-state index in [1.807, 2.05) is 32.9 Å². The molecule has 3 rings (SSSR count). The second kappa shape index (κ2) is 6.20. The van der Waals surface area contributed by atoms with E-state index >= 15 is 0 Å². The lowest BCUT2D eigenvalue weighted by molar-refractivity contribution is 0.0522. The van der Waals surface area contributed by atoms with Gasteiger partial charge in [-0.05, 0) is 44.9 Å². The fourth-order valence-corrected chi connectivity index (χ4v) is 2.84. The minimum absolute atomic E-state index is 0.123. The van der Waals surface area contributed by atoms with Gasteiger partial charge in [0.15, 0.2) is 11.5 Å². The van der Waals surface area contributed by atoms with Gasteiger partial charge in [0.1, 0.15) is 5.60 Å². The molecular weight excluding hydrogens is 364 g/mol. The number of hydrogen-bond acceptors (Lipinski definition) is 5. The normalized spacial score (nSPS) is 21.9. The Morgan fingerprint density at radius 3 is 2.70 bits per heavy atom. The molecule has 126 valence electrons. The number of ether oxygens (including phenoxy) is 3. The van der Waals surface area contributed by atoms with E-state index in [1.54, 1.807) is 0 Å².